The standard InChI is InChI=1S/C17H13ClFNO5S/c18-12-9-11(10-14-17(12)25-8-7-24-14)5-6-16(21)20-26(22,23)15-4-2-1-3-13(15)19/h1-6,9-10H,7-8H2,(H,20,21)/b6-5+. The van der Waals surface area contributed by atoms with E-state index in [4.69, 9.17) is 21.1 Å². The molecule has 0 aliphatic carbocycles. The third-order valence-corrected chi connectivity index (χ3v) is 5.07. The Hall–Kier alpha value is -2.58. The summed E-state index contributed by atoms with van der Waals surface area (Å²) in [6.07, 6.45) is 2.36. The summed E-state index contributed by atoms with van der Waals surface area (Å²) >= 11 is 6.09. The minimum Gasteiger partial charge on any atom is -0.486 e. The lowest BCUT2D eigenvalue weighted by atomic mass is 10.2. The van der Waals surface area contributed by atoms with Crippen LogP contribution in [0.1, 0.15) is 5.56 Å². The van der Waals surface area contributed by atoms with Crippen LogP contribution in [0.5, 0.6) is 11.5 Å². The minimum atomic E-state index is -4.31. The number of amides is 1. The zero-order chi connectivity index (χ0) is 18.7. The predicted octanol–water partition coefficient (Wildman–Crippen LogP) is 2.77. The number of fused-ring (bicyclic) bond motifs is 1. The Morgan fingerprint density at radius 1 is 1.19 bits per heavy atom. The van der Waals surface area contributed by atoms with Gasteiger partial charge in [0, 0.05) is 6.08 Å². The van der Waals surface area contributed by atoms with E-state index in [0.29, 0.717) is 35.3 Å². The highest BCUT2D eigenvalue weighted by molar-refractivity contribution is 7.90. The lowest BCUT2D eigenvalue weighted by molar-refractivity contribution is -0.114. The number of nitrogens with one attached hydrogen (secondary N) is 1. The fourth-order valence-corrected chi connectivity index (χ4v) is 3.58. The van der Waals surface area contributed by atoms with Gasteiger partial charge in [-0.1, -0.05) is 23.7 Å². The maximum absolute atomic E-state index is 13.6. The lowest BCUT2D eigenvalue weighted by Gasteiger charge is -2.19. The molecule has 0 aromatic heterocycles. The first-order chi connectivity index (χ1) is 12.4. The normalized spacial score (nSPS) is 13.6. The summed E-state index contributed by atoms with van der Waals surface area (Å²) in [4.78, 5) is 11.3. The molecule has 0 saturated heterocycles. The topological polar surface area (TPSA) is 81.7 Å². The Morgan fingerprint density at radius 3 is 2.69 bits per heavy atom. The molecular formula is C17H13ClFNO5S. The molecule has 0 bridgehead atoms. The molecule has 0 fully saturated rings. The lowest BCUT2D eigenvalue weighted by Crippen LogP contribution is -2.29. The number of sulfonamides is 1. The molecular weight excluding hydrogens is 385 g/mol. The van der Waals surface area contributed by atoms with Gasteiger partial charge < -0.3 is 9.47 Å². The average Bonchev–Trinajstić information content (AvgIpc) is 2.60. The van der Waals surface area contributed by atoms with E-state index in [0.717, 1.165) is 18.2 Å². The van der Waals surface area contributed by atoms with Crippen LogP contribution in [-0.2, 0) is 14.8 Å². The number of carbonyl (C=O) groups is 1. The number of ether oxygens (including phenoxy) is 2. The Kier molecular flexibility index (Phi) is 5.15. The van der Waals surface area contributed by atoms with E-state index in [2.05, 4.69) is 0 Å². The van der Waals surface area contributed by atoms with Gasteiger partial charge in [-0.3, -0.25) is 4.79 Å². The van der Waals surface area contributed by atoms with Crippen molar-refractivity contribution in [3.63, 3.8) is 0 Å². The number of carbonyl (C=O) groups excluding carboxylic acids is 1. The molecule has 1 heterocycles. The third kappa shape index (κ3) is 3.97. The largest absolute Gasteiger partial charge is 0.486 e. The summed E-state index contributed by atoms with van der Waals surface area (Å²) in [5, 5.41) is 0.307. The van der Waals surface area contributed by atoms with Crippen molar-refractivity contribution in [1.29, 1.82) is 0 Å². The van der Waals surface area contributed by atoms with Crippen LogP contribution in [0.15, 0.2) is 47.4 Å². The summed E-state index contributed by atoms with van der Waals surface area (Å²) in [6.45, 7) is 0.760. The zero-order valence-corrected chi connectivity index (χ0v) is 14.8. The van der Waals surface area contributed by atoms with Gasteiger partial charge in [-0.25, -0.2) is 17.5 Å². The van der Waals surface area contributed by atoms with Gasteiger partial charge in [0.15, 0.2) is 11.5 Å². The van der Waals surface area contributed by atoms with Crippen molar-refractivity contribution in [3.05, 3.63) is 58.9 Å². The molecule has 0 radical (unpaired) electrons. The molecule has 1 N–H and O–H groups in total. The van der Waals surface area contributed by atoms with Gasteiger partial charge in [-0.15, -0.1) is 0 Å². The number of hydrogen-bond acceptors (Lipinski definition) is 5. The molecule has 1 amide bonds. The molecule has 6 nitrogen and oxygen atoms in total. The van der Waals surface area contributed by atoms with E-state index in [1.807, 2.05) is 0 Å². The summed E-state index contributed by atoms with van der Waals surface area (Å²) in [5.74, 6) is -1.03. The third-order valence-electron chi connectivity index (χ3n) is 3.41. The fourth-order valence-electron chi connectivity index (χ4n) is 2.28. The van der Waals surface area contributed by atoms with Crippen LogP contribution in [0, 0.1) is 5.82 Å². The number of rotatable bonds is 4. The Labute approximate surface area is 154 Å². The summed E-state index contributed by atoms with van der Waals surface area (Å²) in [6, 6.07) is 7.91. The van der Waals surface area contributed by atoms with E-state index in [-0.39, 0.29) is 0 Å². The average molecular weight is 398 g/mol. The van der Waals surface area contributed by atoms with Gasteiger partial charge in [0.2, 0.25) is 0 Å². The molecule has 0 spiro atoms. The minimum absolute atomic E-state index is 0.307. The van der Waals surface area contributed by atoms with E-state index < -0.39 is 26.6 Å². The molecule has 0 unspecified atom stereocenters. The molecule has 1 aliphatic rings. The van der Waals surface area contributed by atoms with Crippen molar-refractivity contribution in [1.82, 2.24) is 4.72 Å². The van der Waals surface area contributed by atoms with Crippen LogP contribution in [0.4, 0.5) is 4.39 Å². The van der Waals surface area contributed by atoms with Gasteiger partial charge in [-0.05, 0) is 35.9 Å². The smallest absolute Gasteiger partial charge is 0.267 e. The van der Waals surface area contributed by atoms with Crippen LogP contribution < -0.4 is 14.2 Å². The van der Waals surface area contributed by atoms with Gasteiger partial charge in [0.25, 0.3) is 15.9 Å². The van der Waals surface area contributed by atoms with Gasteiger partial charge in [0.1, 0.15) is 23.9 Å². The first-order valence-electron chi connectivity index (χ1n) is 7.45. The molecule has 3 rings (SSSR count). The van der Waals surface area contributed by atoms with Crippen LogP contribution in [-0.4, -0.2) is 27.5 Å². The van der Waals surface area contributed by atoms with Gasteiger partial charge in [0.05, 0.1) is 5.02 Å². The number of benzene rings is 2. The molecule has 2 aromatic carbocycles. The SMILES string of the molecule is O=C(/C=C/c1cc(Cl)c2c(c1)OCCO2)NS(=O)(=O)c1ccccc1F. The molecule has 0 saturated carbocycles. The van der Waals surface area contributed by atoms with E-state index in [9.17, 15) is 17.6 Å². The molecule has 1 aliphatic heterocycles. The van der Waals surface area contributed by atoms with Crippen LogP contribution in [0.2, 0.25) is 5.02 Å². The van der Waals surface area contributed by atoms with Crippen LogP contribution in [0.3, 0.4) is 0 Å². The summed E-state index contributed by atoms with van der Waals surface area (Å²) < 4.78 is 50.3. The number of halogens is 2. The van der Waals surface area contributed by atoms with E-state index >= 15 is 0 Å². The fraction of sp³-hybridized carbons (Fsp3) is 0.118. The van der Waals surface area contributed by atoms with Crippen molar-refractivity contribution in [3.8, 4) is 11.5 Å². The summed E-state index contributed by atoms with van der Waals surface area (Å²) in [7, 11) is -4.31. The predicted molar refractivity (Wildman–Crippen MR) is 93.2 cm³/mol. The maximum Gasteiger partial charge on any atom is 0.267 e. The van der Waals surface area contributed by atoms with Gasteiger partial charge in [-0.2, -0.15) is 0 Å². The molecule has 136 valence electrons. The first kappa shape index (κ1) is 18.2. The zero-order valence-electron chi connectivity index (χ0n) is 13.2. The van der Waals surface area contributed by atoms with Crippen molar-refractivity contribution < 1.29 is 27.1 Å². The molecule has 26 heavy (non-hydrogen) atoms. The molecule has 0 atom stereocenters. The van der Waals surface area contributed by atoms with Crippen LogP contribution in [0.25, 0.3) is 6.08 Å². The molecule has 2 aromatic rings. The quantitative estimate of drug-likeness (QED) is 0.802. The van der Waals surface area contributed by atoms with Crippen molar-refractivity contribution in [2.24, 2.45) is 0 Å². The van der Waals surface area contributed by atoms with Crippen molar-refractivity contribution in [2.45, 2.75) is 4.90 Å². The van der Waals surface area contributed by atoms with Crippen molar-refractivity contribution >= 4 is 33.6 Å². The Morgan fingerprint density at radius 2 is 1.92 bits per heavy atom. The highest BCUT2D eigenvalue weighted by atomic mass is 35.5. The number of hydrogen-bond donors (Lipinski definition) is 1. The Balaban J connectivity index is 1.76. The van der Waals surface area contributed by atoms with E-state index in [1.165, 1.54) is 18.2 Å². The van der Waals surface area contributed by atoms with Crippen LogP contribution >= 0.6 is 11.6 Å². The second-order valence-electron chi connectivity index (χ2n) is 5.26. The monoisotopic (exact) mass is 397 g/mol. The maximum atomic E-state index is 13.6. The second-order valence-corrected chi connectivity index (χ2v) is 7.32. The van der Waals surface area contributed by atoms with Gasteiger partial charge >= 0.3 is 0 Å². The van der Waals surface area contributed by atoms with Crippen molar-refractivity contribution in [2.75, 3.05) is 13.2 Å². The molecule has 9 heteroatoms. The Bertz CT molecular complexity index is 991. The van der Waals surface area contributed by atoms with E-state index in [1.54, 1.807) is 16.9 Å². The second kappa shape index (κ2) is 7.35. The highest BCUT2D eigenvalue weighted by Gasteiger charge is 2.20. The summed E-state index contributed by atoms with van der Waals surface area (Å²) in [5.41, 5.74) is 0.512. The first-order valence-corrected chi connectivity index (χ1v) is 9.31. The highest BCUT2D eigenvalue weighted by Crippen LogP contribution is 2.38.